The summed E-state index contributed by atoms with van der Waals surface area (Å²) < 4.78 is 6.98. The van der Waals surface area contributed by atoms with Crippen molar-refractivity contribution < 1.29 is 9.53 Å². The molecule has 1 aliphatic rings. The van der Waals surface area contributed by atoms with Crippen LogP contribution in [0.25, 0.3) is 5.69 Å². The fourth-order valence-electron chi connectivity index (χ4n) is 3.70. The number of aromatic nitrogens is 2. The summed E-state index contributed by atoms with van der Waals surface area (Å²) in [6, 6.07) is 16.3. The van der Waals surface area contributed by atoms with Crippen molar-refractivity contribution in [2.24, 2.45) is 0 Å². The van der Waals surface area contributed by atoms with Crippen molar-refractivity contribution >= 4 is 5.91 Å². The van der Waals surface area contributed by atoms with Crippen LogP contribution in [0.2, 0.25) is 0 Å². The lowest BCUT2D eigenvalue weighted by Crippen LogP contribution is -2.39. The number of methoxy groups -OCH3 is 1. The molecule has 2 aromatic carbocycles. The molecule has 0 aliphatic heterocycles. The number of benzene rings is 2. The average Bonchev–Trinajstić information content (AvgIpc) is 3.09. The normalized spacial score (nSPS) is 15.9. The number of fused-ring (bicyclic) bond motifs is 1. The molecule has 0 saturated heterocycles. The molecule has 1 aromatic heterocycles. The van der Waals surface area contributed by atoms with E-state index in [0.717, 1.165) is 36.4 Å². The molecule has 1 atom stereocenters. The average molecular weight is 361 g/mol. The number of nitrogens with one attached hydrogen (secondary N) is 1. The van der Waals surface area contributed by atoms with E-state index in [9.17, 15) is 4.79 Å². The van der Waals surface area contributed by atoms with Crippen LogP contribution in [0.3, 0.4) is 0 Å². The molecule has 0 unspecified atom stereocenters. The summed E-state index contributed by atoms with van der Waals surface area (Å²) in [4.78, 5) is 12.8. The Kier molecular flexibility index (Phi) is 4.67. The number of aryl methyl sites for hydroxylation is 1. The predicted octanol–water partition coefficient (Wildman–Crippen LogP) is 3.48. The van der Waals surface area contributed by atoms with E-state index < -0.39 is 0 Å². The second kappa shape index (κ2) is 7.27. The van der Waals surface area contributed by atoms with Crippen molar-refractivity contribution in [2.75, 3.05) is 7.11 Å². The Morgan fingerprint density at radius 3 is 2.63 bits per heavy atom. The van der Waals surface area contributed by atoms with Crippen LogP contribution in [-0.2, 0) is 12.8 Å². The molecule has 0 saturated carbocycles. The molecule has 0 bridgehead atoms. The van der Waals surface area contributed by atoms with Gasteiger partial charge >= 0.3 is 0 Å². The van der Waals surface area contributed by atoms with Crippen LogP contribution in [0.1, 0.15) is 33.6 Å². The highest BCUT2D eigenvalue weighted by Crippen LogP contribution is 2.22. The topological polar surface area (TPSA) is 56.2 Å². The van der Waals surface area contributed by atoms with Crippen LogP contribution in [0, 0.1) is 6.92 Å². The van der Waals surface area contributed by atoms with Gasteiger partial charge in [0.15, 0.2) is 0 Å². The zero-order valence-electron chi connectivity index (χ0n) is 15.6. The lowest BCUT2D eigenvalue weighted by atomic mass is 9.88. The summed E-state index contributed by atoms with van der Waals surface area (Å²) in [5.41, 5.74) is 5.07. The molecule has 5 heteroatoms. The summed E-state index contributed by atoms with van der Waals surface area (Å²) in [6.45, 7) is 1.92. The third-order valence-corrected chi connectivity index (χ3v) is 5.25. The van der Waals surface area contributed by atoms with Gasteiger partial charge < -0.3 is 10.1 Å². The molecule has 4 rings (SSSR count). The Morgan fingerprint density at radius 2 is 1.89 bits per heavy atom. The number of nitrogens with zero attached hydrogens (tertiary/aromatic N) is 2. The molecular weight excluding hydrogens is 338 g/mol. The van der Waals surface area contributed by atoms with Gasteiger partial charge in [0.1, 0.15) is 5.75 Å². The van der Waals surface area contributed by atoms with Gasteiger partial charge in [-0.25, -0.2) is 4.68 Å². The minimum absolute atomic E-state index is 0.0587. The Labute approximate surface area is 159 Å². The molecule has 5 nitrogen and oxygen atoms in total. The number of ether oxygens (including phenoxy) is 1. The van der Waals surface area contributed by atoms with Gasteiger partial charge in [-0.15, -0.1) is 0 Å². The molecule has 0 spiro atoms. The van der Waals surface area contributed by atoms with Crippen LogP contribution in [0.15, 0.2) is 54.7 Å². The zero-order chi connectivity index (χ0) is 18.8. The standard InChI is InChI=1S/C22H23N3O2/c1-15-21(14-23-25(15)19-9-11-20(27-2)12-10-19)22(26)24-18-8-7-16-5-3-4-6-17(16)13-18/h3-6,9-12,14,18H,7-8,13H2,1-2H3,(H,24,26)/t18-/m1/s1. The van der Waals surface area contributed by atoms with E-state index in [-0.39, 0.29) is 11.9 Å². The summed E-state index contributed by atoms with van der Waals surface area (Å²) in [5.74, 6) is 0.732. The van der Waals surface area contributed by atoms with Gasteiger partial charge in [-0.05, 0) is 61.6 Å². The smallest absolute Gasteiger partial charge is 0.254 e. The number of rotatable bonds is 4. The maximum atomic E-state index is 12.8. The Balaban J connectivity index is 1.49. The van der Waals surface area contributed by atoms with E-state index in [1.165, 1.54) is 11.1 Å². The molecular formula is C22H23N3O2. The van der Waals surface area contributed by atoms with Gasteiger partial charge in [0, 0.05) is 6.04 Å². The minimum atomic E-state index is -0.0587. The van der Waals surface area contributed by atoms with Crippen LogP contribution in [0.5, 0.6) is 5.75 Å². The summed E-state index contributed by atoms with van der Waals surface area (Å²) in [5, 5.41) is 7.59. The minimum Gasteiger partial charge on any atom is -0.497 e. The monoisotopic (exact) mass is 361 g/mol. The lowest BCUT2D eigenvalue weighted by Gasteiger charge is -2.25. The molecule has 0 fully saturated rings. The quantitative estimate of drug-likeness (QED) is 0.774. The molecule has 1 N–H and O–H groups in total. The first-order valence-electron chi connectivity index (χ1n) is 9.22. The van der Waals surface area contributed by atoms with E-state index in [0.29, 0.717) is 5.56 Å². The van der Waals surface area contributed by atoms with Gasteiger partial charge in [-0.3, -0.25) is 4.79 Å². The van der Waals surface area contributed by atoms with Gasteiger partial charge in [-0.2, -0.15) is 5.10 Å². The Morgan fingerprint density at radius 1 is 1.15 bits per heavy atom. The molecule has 0 radical (unpaired) electrons. The van der Waals surface area contributed by atoms with E-state index >= 15 is 0 Å². The third kappa shape index (κ3) is 3.45. The summed E-state index contributed by atoms with van der Waals surface area (Å²) in [6.07, 6.45) is 4.50. The van der Waals surface area contributed by atoms with Crippen molar-refractivity contribution in [1.82, 2.24) is 15.1 Å². The second-order valence-electron chi connectivity index (χ2n) is 6.94. The van der Waals surface area contributed by atoms with Gasteiger partial charge in [0.05, 0.1) is 30.3 Å². The van der Waals surface area contributed by atoms with Crippen molar-refractivity contribution in [1.29, 1.82) is 0 Å². The lowest BCUT2D eigenvalue weighted by molar-refractivity contribution is 0.0933. The van der Waals surface area contributed by atoms with E-state index in [1.807, 2.05) is 31.2 Å². The fourth-order valence-corrected chi connectivity index (χ4v) is 3.70. The van der Waals surface area contributed by atoms with Crippen molar-refractivity contribution in [3.8, 4) is 11.4 Å². The fraction of sp³-hybridized carbons (Fsp3) is 0.273. The third-order valence-electron chi connectivity index (χ3n) is 5.25. The first-order valence-corrected chi connectivity index (χ1v) is 9.22. The van der Waals surface area contributed by atoms with Crippen molar-refractivity contribution in [3.63, 3.8) is 0 Å². The van der Waals surface area contributed by atoms with E-state index in [4.69, 9.17) is 4.74 Å². The van der Waals surface area contributed by atoms with E-state index in [2.05, 4.69) is 34.7 Å². The second-order valence-corrected chi connectivity index (χ2v) is 6.94. The predicted molar refractivity (Wildman–Crippen MR) is 105 cm³/mol. The molecule has 1 heterocycles. The first kappa shape index (κ1) is 17.3. The maximum Gasteiger partial charge on any atom is 0.254 e. The van der Waals surface area contributed by atoms with Crippen LogP contribution in [0.4, 0.5) is 0 Å². The van der Waals surface area contributed by atoms with Crippen LogP contribution < -0.4 is 10.1 Å². The van der Waals surface area contributed by atoms with Gasteiger partial charge in [-0.1, -0.05) is 24.3 Å². The van der Waals surface area contributed by atoms with Crippen LogP contribution >= 0.6 is 0 Å². The largest absolute Gasteiger partial charge is 0.497 e. The Bertz CT molecular complexity index is 960. The van der Waals surface area contributed by atoms with Crippen LogP contribution in [-0.4, -0.2) is 28.8 Å². The molecule has 1 amide bonds. The number of amides is 1. The molecule has 3 aromatic rings. The SMILES string of the molecule is COc1ccc(-n2ncc(C(=O)N[C@@H]3CCc4ccccc4C3)c2C)cc1. The number of hydrogen-bond donors (Lipinski definition) is 1. The highest BCUT2D eigenvalue weighted by molar-refractivity contribution is 5.95. The van der Waals surface area contributed by atoms with Crippen molar-refractivity contribution in [2.45, 2.75) is 32.2 Å². The molecule has 1 aliphatic carbocycles. The molecule has 27 heavy (non-hydrogen) atoms. The zero-order valence-corrected chi connectivity index (χ0v) is 15.6. The van der Waals surface area contributed by atoms with Gasteiger partial charge in [0.25, 0.3) is 5.91 Å². The van der Waals surface area contributed by atoms with Gasteiger partial charge in [0.2, 0.25) is 0 Å². The summed E-state index contributed by atoms with van der Waals surface area (Å²) in [7, 11) is 1.64. The van der Waals surface area contributed by atoms with E-state index in [1.54, 1.807) is 18.0 Å². The number of carbonyl (C=O) groups is 1. The number of hydrogen-bond acceptors (Lipinski definition) is 3. The summed E-state index contributed by atoms with van der Waals surface area (Å²) >= 11 is 0. The highest BCUT2D eigenvalue weighted by Gasteiger charge is 2.22. The maximum absolute atomic E-state index is 12.8. The highest BCUT2D eigenvalue weighted by atomic mass is 16.5. The molecule has 138 valence electrons. The van der Waals surface area contributed by atoms with Crippen molar-refractivity contribution in [3.05, 3.63) is 77.1 Å². The first-order chi connectivity index (χ1) is 13.2. The number of carbonyl (C=O) groups excluding carboxylic acids is 1. The Hall–Kier alpha value is -3.08.